The second-order valence-electron chi connectivity index (χ2n) is 4.49. The van der Waals surface area contributed by atoms with E-state index in [0.29, 0.717) is 5.96 Å². The summed E-state index contributed by atoms with van der Waals surface area (Å²) >= 11 is 0. The van der Waals surface area contributed by atoms with E-state index >= 15 is 0 Å². The molecule has 3 nitrogen and oxygen atoms in total. The lowest BCUT2D eigenvalue weighted by Crippen LogP contribution is -2.22. The number of nitrogens with two attached hydrogens (primary N) is 1. The molecule has 1 aliphatic carbocycles. The standard InChI is InChI=1S/C13H19N3.HI/c1-10-2-6-12(7-3-10)16-13(14)15-9-8-11-4-5-11;/h2-3,6-7,11H,4-5,8-9H2,1H3,(H3,14,15,16);1H. The summed E-state index contributed by atoms with van der Waals surface area (Å²) in [6.07, 6.45) is 3.93. The van der Waals surface area contributed by atoms with Crippen molar-refractivity contribution in [2.45, 2.75) is 26.2 Å². The number of rotatable bonds is 4. The predicted octanol–water partition coefficient (Wildman–Crippen LogP) is 3.14. The molecule has 0 radical (unpaired) electrons. The van der Waals surface area contributed by atoms with Gasteiger partial charge in [-0.2, -0.15) is 0 Å². The van der Waals surface area contributed by atoms with E-state index < -0.39 is 0 Å². The van der Waals surface area contributed by atoms with Crippen LogP contribution in [0.2, 0.25) is 0 Å². The van der Waals surface area contributed by atoms with Gasteiger partial charge < -0.3 is 11.1 Å². The summed E-state index contributed by atoms with van der Waals surface area (Å²) in [5, 5.41) is 3.09. The average Bonchev–Trinajstić information content (AvgIpc) is 3.05. The molecule has 0 unspecified atom stereocenters. The molecular weight excluding hydrogens is 325 g/mol. The van der Waals surface area contributed by atoms with Crippen LogP contribution in [0.15, 0.2) is 29.3 Å². The van der Waals surface area contributed by atoms with Crippen LogP contribution in [-0.2, 0) is 0 Å². The zero-order chi connectivity index (χ0) is 11.4. The van der Waals surface area contributed by atoms with Gasteiger partial charge >= 0.3 is 0 Å². The van der Waals surface area contributed by atoms with Crippen LogP contribution in [0, 0.1) is 12.8 Å². The molecule has 1 aliphatic rings. The molecule has 0 aromatic heterocycles. The first-order chi connectivity index (χ1) is 7.74. The number of aryl methyl sites for hydroxylation is 1. The minimum absolute atomic E-state index is 0. The molecule has 1 aromatic carbocycles. The second kappa shape index (κ2) is 6.83. The SMILES string of the molecule is Cc1ccc(NC(N)=NCCC2CC2)cc1.I. The lowest BCUT2D eigenvalue weighted by Gasteiger charge is -2.05. The van der Waals surface area contributed by atoms with E-state index in [4.69, 9.17) is 5.73 Å². The van der Waals surface area contributed by atoms with Crippen LogP contribution in [0.25, 0.3) is 0 Å². The second-order valence-corrected chi connectivity index (χ2v) is 4.49. The Morgan fingerprint density at radius 2 is 2.00 bits per heavy atom. The van der Waals surface area contributed by atoms with Crippen molar-refractivity contribution in [1.82, 2.24) is 0 Å². The number of hydrogen-bond acceptors (Lipinski definition) is 1. The molecule has 1 fully saturated rings. The molecule has 2 rings (SSSR count). The summed E-state index contributed by atoms with van der Waals surface area (Å²) in [7, 11) is 0. The highest BCUT2D eigenvalue weighted by Crippen LogP contribution is 2.32. The summed E-state index contributed by atoms with van der Waals surface area (Å²) in [6, 6.07) is 8.14. The van der Waals surface area contributed by atoms with Gasteiger partial charge in [0, 0.05) is 12.2 Å². The third-order valence-electron chi connectivity index (χ3n) is 2.84. The van der Waals surface area contributed by atoms with Gasteiger partial charge in [0.05, 0.1) is 0 Å². The molecule has 3 N–H and O–H groups in total. The van der Waals surface area contributed by atoms with E-state index in [1.807, 2.05) is 12.1 Å². The molecule has 94 valence electrons. The zero-order valence-corrected chi connectivity index (χ0v) is 12.5. The van der Waals surface area contributed by atoms with Crippen LogP contribution < -0.4 is 11.1 Å². The van der Waals surface area contributed by atoms with E-state index in [1.165, 1.54) is 24.8 Å². The number of guanidine groups is 1. The van der Waals surface area contributed by atoms with Crippen LogP contribution >= 0.6 is 24.0 Å². The Kier molecular flexibility index (Phi) is 5.74. The largest absolute Gasteiger partial charge is 0.370 e. The minimum Gasteiger partial charge on any atom is -0.370 e. The molecule has 0 amide bonds. The van der Waals surface area contributed by atoms with Crippen molar-refractivity contribution in [3.8, 4) is 0 Å². The fraction of sp³-hybridized carbons (Fsp3) is 0.462. The normalized spacial score (nSPS) is 15.2. The van der Waals surface area contributed by atoms with Crippen molar-refractivity contribution in [2.24, 2.45) is 16.6 Å². The molecule has 0 heterocycles. The molecule has 0 atom stereocenters. The lowest BCUT2D eigenvalue weighted by atomic mass is 10.2. The van der Waals surface area contributed by atoms with Gasteiger partial charge in [-0.3, -0.25) is 4.99 Å². The van der Waals surface area contributed by atoms with E-state index in [2.05, 4.69) is 29.4 Å². The number of nitrogens with one attached hydrogen (secondary N) is 1. The number of benzene rings is 1. The van der Waals surface area contributed by atoms with Gasteiger partial charge in [0.2, 0.25) is 0 Å². The average molecular weight is 345 g/mol. The topological polar surface area (TPSA) is 50.4 Å². The lowest BCUT2D eigenvalue weighted by molar-refractivity contribution is 0.739. The number of halogens is 1. The zero-order valence-electron chi connectivity index (χ0n) is 10.1. The number of aliphatic imine (C=N–C) groups is 1. The van der Waals surface area contributed by atoms with Crippen LogP contribution in [0.1, 0.15) is 24.8 Å². The highest BCUT2D eigenvalue weighted by atomic mass is 127. The Labute approximate surface area is 120 Å². The first-order valence-corrected chi connectivity index (χ1v) is 5.87. The molecule has 1 saturated carbocycles. The van der Waals surface area contributed by atoms with Crippen molar-refractivity contribution < 1.29 is 0 Å². The van der Waals surface area contributed by atoms with E-state index in [0.717, 1.165) is 18.2 Å². The maximum atomic E-state index is 5.79. The Bertz CT molecular complexity index is 369. The highest BCUT2D eigenvalue weighted by Gasteiger charge is 2.19. The number of nitrogens with zero attached hydrogens (tertiary/aromatic N) is 1. The van der Waals surface area contributed by atoms with Crippen molar-refractivity contribution in [1.29, 1.82) is 0 Å². The third kappa shape index (κ3) is 5.39. The van der Waals surface area contributed by atoms with Crippen LogP contribution in [-0.4, -0.2) is 12.5 Å². The fourth-order valence-corrected chi connectivity index (χ4v) is 1.60. The van der Waals surface area contributed by atoms with E-state index in [9.17, 15) is 0 Å². The molecule has 0 saturated heterocycles. The van der Waals surface area contributed by atoms with Gasteiger partial charge in [-0.15, -0.1) is 24.0 Å². The van der Waals surface area contributed by atoms with Gasteiger partial charge in [-0.05, 0) is 31.4 Å². The Morgan fingerprint density at radius 1 is 1.35 bits per heavy atom. The number of anilines is 1. The predicted molar refractivity (Wildman–Crippen MR) is 84.0 cm³/mol. The summed E-state index contributed by atoms with van der Waals surface area (Å²) in [5.74, 6) is 1.43. The fourth-order valence-electron chi connectivity index (χ4n) is 1.60. The molecule has 4 heteroatoms. The first-order valence-electron chi connectivity index (χ1n) is 5.87. The Balaban J connectivity index is 0.00000144. The highest BCUT2D eigenvalue weighted by molar-refractivity contribution is 14.0. The van der Waals surface area contributed by atoms with Crippen molar-refractivity contribution in [2.75, 3.05) is 11.9 Å². The summed E-state index contributed by atoms with van der Waals surface area (Å²) in [4.78, 5) is 4.31. The van der Waals surface area contributed by atoms with E-state index in [1.54, 1.807) is 0 Å². The molecule has 1 aromatic rings. The maximum Gasteiger partial charge on any atom is 0.193 e. The van der Waals surface area contributed by atoms with E-state index in [-0.39, 0.29) is 24.0 Å². The summed E-state index contributed by atoms with van der Waals surface area (Å²) < 4.78 is 0. The first kappa shape index (κ1) is 14.3. The van der Waals surface area contributed by atoms with Gasteiger partial charge in [0.15, 0.2) is 5.96 Å². The number of hydrogen-bond donors (Lipinski definition) is 2. The molecular formula is C13H20IN3. The van der Waals surface area contributed by atoms with Crippen molar-refractivity contribution in [3.63, 3.8) is 0 Å². The van der Waals surface area contributed by atoms with Gasteiger partial charge in [-0.25, -0.2) is 0 Å². The van der Waals surface area contributed by atoms with Crippen LogP contribution in [0.4, 0.5) is 5.69 Å². The van der Waals surface area contributed by atoms with Gasteiger partial charge in [0.25, 0.3) is 0 Å². The van der Waals surface area contributed by atoms with Crippen LogP contribution in [0.3, 0.4) is 0 Å². The monoisotopic (exact) mass is 345 g/mol. The molecule has 0 bridgehead atoms. The third-order valence-corrected chi connectivity index (χ3v) is 2.84. The Hall–Kier alpha value is -0.780. The van der Waals surface area contributed by atoms with Crippen molar-refractivity contribution >= 4 is 35.6 Å². The smallest absolute Gasteiger partial charge is 0.193 e. The van der Waals surface area contributed by atoms with Gasteiger partial charge in [0.1, 0.15) is 0 Å². The minimum atomic E-state index is 0. The maximum absolute atomic E-state index is 5.79. The quantitative estimate of drug-likeness (QED) is 0.500. The molecule has 0 spiro atoms. The van der Waals surface area contributed by atoms with Crippen LogP contribution in [0.5, 0.6) is 0 Å². The molecule has 0 aliphatic heterocycles. The van der Waals surface area contributed by atoms with Gasteiger partial charge in [-0.1, -0.05) is 30.5 Å². The summed E-state index contributed by atoms with van der Waals surface area (Å²) in [5.41, 5.74) is 8.03. The Morgan fingerprint density at radius 3 is 2.59 bits per heavy atom. The summed E-state index contributed by atoms with van der Waals surface area (Å²) in [6.45, 7) is 2.91. The van der Waals surface area contributed by atoms with Crippen molar-refractivity contribution in [3.05, 3.63) is 29.8 Å². The molecule has 17 heavy (non-hydrogen) atoms.